The number of carbonyl (C=O) groups is 1. The van der Waals surface area contributed by atoms with E-state index in [2.05, 4.69) is 20.6 Å². The largest absolute Gasteiger partial charge is 0.358 e. The van der Waals surface area contributed by atoms with E-state index in [1.54, 1.807) is 6.92 Å². The first kappa shape index (κ1) is 12.6. The molecule has 0 aromatic carbocycles. The first-order valence-electron chi connectivity index (χ1n) is 6.25. The van der Waals surface area contributed by atoms with Crippen molar-refractivity contribution in [1.29, 1.82) is 0 Å². The average Bonchev–Trinajstić information content (AvgIpc) is 3.12. The van der Waals surface area contributed by atoms with Crippen LogP contribution in [0, 0.1) is 0 Å². The third kappa shape index (κ3) is 3.09. The molecule has 1 unspecified atom stereocenters. The molecule has 1 fully saturated rings. The molecule has 1 atom stereocenters. The van der Waals surface area contributed by atoms with Crippen LogP contribution in [-0.4, -0.2) is 28.5 Å². The minimum atomic E-state index is -0.411. The number of likely N-dealkylation sites (N-methyl/N-ethyl adjacent to an activating group) is 1. The number of carbonyl (C=O) groups excluding carboxylic acids is 1. The molecule has 3 N–H and O–H groups in total. The standard InChI is InChI=1S/C12H18N4O2/c1-3-13-12(18)7(2)14-9-6-10(17)16-11(15-9)8-4-5-8/h6-8H,3-5H2,1-2H3,(H,13,18)(H2,14,15,16,17). The summed E-state index contributed by atoms with van der Waals surface area (Å²) < 4.78 is 0. The molecule has 18 heavy (non-hydrogen) atoms. The second-order valence-electron chi connectivity index (χ2n) is 4.55. The number of nitrogens with one attached hydrogen (secondary N) is 3. The van der Waals surface area contributed by atoms with Gasteiger partial charge < -0.3 is 15.6 Å². The van der Waals surface area contributed by atoms with Gasteiger partial charge in [0.15, 0.2) is 0 Å². The van der Waals surface area contributed by atoms with E-state index in [4.69, 9.17) is 0 Å². The molecule has 2 rings (SSSR count). The van der Waals surface area contributed by atoms with Crippen LogP contribution in [-0.2, 0) is 4.79 Å². The maximum Gasteiger partial charge on any atom is 0.252 e. The zero-order chi connectivity index (χ0) is 13.1. The molecule has 1 heterocycles. The summed E-state index contributed by atoms with van der Waals surface area (Å²) in [7, 11) is 0. The van der Waals surface area contributed by atoms with Crippen molar-refractivity contribution in [3.05, 3.63) is 22.2 Å². The van der Waals surface area contributed by atoms with E-state index in [9.17, 15) is 9.59 Å². The molecule has 0 radical (unpaired) electrons. The van der Waals surface area contributed by atoms with E-state index in [1.165, 1.54) is 6.07 Å². The van der Waals surface area contributed by atoms with Crippen molar-refractivity contribution in [3.63, 3.8) is 0 Å². The lowest BCUT2D eigenvalue weighted by Gasteiger charge is -2.14. The van der Waals surface area contributed by atoms with Crippen LogP contribution < -0.4 is 16.2 Å². The number of anilines is 1. The van der Waals surface area contributed by atoms with Crippen LogP contribution in [0.5, 0.6) is 0 Å². The van der Waals surface area contributed by atoms with Gasteiger partial charge in [0.2, 0.25) is 5.91 Å². The number of hydrogen-bond donors (Lipinski definition) is 3. The van der Waals surface area contributed by atoms with Crippen LogP contribution in [0.2, 0.25) is 0 Å². The molecule has 0 aliphatic heterocycles. The molecular formula is C12H18N4O2. The Labute approximate surface area is 105 Å². The van der Waals surface area contributed by atoms with Crippen LogP contribution in [0.15, 0.2) is 10.9 Å². The SMILES string of the molecule is CCNC(=O)C(C)Nc1cc(=O)[nH]c(C2CC2)n1. The molecule has 6 heteroatoms. The predicted molar refractivity (Wildman–Crippen MR) is 68.6 cm³/mol. The van der Waals surface area contributed by atoms with Crippen molar-refractivity contribution >= 4 is 11.7 Å². The van der Waals surface area contributed by atoms with Crippen molar-refractivity contribution in [2.75, 3.05) is 11.9 Å². The van der Waals surface area contributed by atoms with Gasteiger partial charge in [-0.15, -0.1) is 0 Å². The first-order valence-corrected chi connectivity index (χ1v) is 6.25. The molecule has 1 amide bonds. The minimum absolute atomic E-state index is 0.104. The van der Waals surface area contributed by atoms with E-state index in [1.807, 2.05) is 6.92 Å². The number of nitrogens with zero attached hydrogens (tertiary/aromatic N) is 1. The lowest BCUT2D eigenvalue weighted by Crippen LogP contribution is -2.37. The molecule has 98 valence electrons. The highest BCUT2D eigenvalue weighted by Gasteiger charge is 2.26. The van der Waals surface area contributed by atoms with Gasteiger partial charge in [0.25, 0.3) is 5.56 Å². The Balaban J connectivity index is 2.08. The quantitative estimate of drug-likeness (QED) is 0.713. The van der Waals surface area contributed by atoms with Crippen LogP contribution in [0.1, 0.15) is 38.4 Å². The van der Waals surface area contributed by atoms with E-state index in [0.717, 1.165) is 12.8 Å². The Kier molecular flexibility index (Phi) is 3.64. The Morgan fingerprint density at radius 3 is 2.94 bits per heavy atom. The maximum absolute atomic E-state index is 11.6. The third-order valence-electron chi connectivity index (χ3n) is 2.83. The first-order chi connectivity index (χ1) is 8.60. The van der Waals surface area contributed by atoms with Gasteiger partial charge in [-0.2, -0.15) is 0 Å². The zero-order valence-corrected chi connectivity index (χ0v) is 10.6. The normalized spacial score (nSPS) is 16.1. The van der Waals surface area contributed by atoms with Crippen LogP contribution in [0.4, 0.5) is 5.82 Å². The molecule has 1 saturated carbocycles. The van der Waals surface area contributed by atoms with Crippen molar-refractivity contribution in [2.45, 2.75) is 38.6 Å². The Morgan fingerprint density at radius 2 is 2.33 bits per heavy atom. The summed E-state index contributed by atoms with van der Waals surface area (Å²) in [5.41, 5.74) is -0.183. The highest BCUT2D eigenvalue weighted by atomic mass is 16.2. The van der Waals surface area contributed by atoms with E-state index in [-0.39, 0.29) is 11.5 Å². The molecule has 1 aromatic heterocycles. The van der Waals surface area contributed by atoms with Gasteiger partial charge in [0.05, 0.1) is 0 Å². The van der Waals surface area contributed by atoms with Crippen molar-refractivity contribution < 1.29 is 4.79 Å². The fourth-order valence-corrected chi connectivity index (χ4v) is 1.72. The van der Waals surface area contributed by atoms with Gasteiger partial charge in [-0.1, -0.05) is 0 Å². The average molecular weight is 250 g/mol. The van der Waals surface area contributed by atoms with Crippen molar-refractivity contribution in [3.8, 4) is 0 Å². The number of amides is 1. The summed E-state index contributed by atoms with van der Waals surface area (Å²) >= 11 is 0. The molecule has 1 aromatic rings. The number of H-pyrrole nitrogens is 1. The molecule has 0 bridgehead atoms. The van der Waals surface area contributed by atoms with Crippen molar-refractivity contribution in [1.82, 2.24) is 15.3 Å². The lowest BCUT2D eigenvalue weighted by molar-refractivity contribution is -0.121. The second-order valence-corrected chi connectivity index (χ2v) is 4.55. The van der Waals surface area contributed by atoms with Gasteiger partial charge >= 0.3 is 0 Å². The Hall–Kier alpha value is -1.85. The summed E-state index contributed by atoms with van der Waals surface area (Å²) in [6.45, 7) is 4.19. The van der Waals surface area contributed by atoms with E-state index >= 15 is 0 Å². The summed E-state index contributed by atoms with van der Waals surface area (Å²) in [4.78, 5) is 30.1. The van der Waals surface area contributed by atoms with Crippen molar-refractivity contribution in [2.24, 2.45) is 0 Å². The highest BCUT2D eigenvalue weighted by molar-refractivity contribution is 5.83. The number of aromatic nitrogens is 2. The number of rotatable bonds is 5. The Morgan fingerprint density at radius 1 is 1.61 bits per heavy atom. The fraction of sp³-hybridized carbons (Fsp3) is 0.583. The van der Waals surface area contributed by atoms with Crippen LogP contribution >= 0.6 is 0 Å². The number of aromatic amines is 1. The predicted octanol–water partition coefficient (Wildman–Crippen LogP) is 0.584. The van der Waals surface area contributed by atoms with Gasteiger partial charge in [-0.05, 0) is 26.7 Å². The second kappa shape index (κ2) is 5.20. The van der Waals surface area contributed by atoms with Crippen LogP contribution in [0.25, 0.3) is 0 Å². The fourth-order valence-electron chi connectivity index (χ4n) is 1.72. The smallest absolute Gasteiger partial charge is 0.252 e. The minimum Gasteiger partial charge on any atom is -0.358 e. The zero-order valence-electron chi connectivity index (χ0n) is 10.6. The van der Waals surface area contributed by atoms with Gasteiger partial charge in [0.1, 0.15) is 17.7 Å². The topological polar surface area (TPSA) is 86.9 Å². The van der Waals surface area contributed by atoms with Gasteiger partial charge in [-0.25, -0.2) is 4.98 Å². The monoisotopic (exact) mass is 250 g/mol. The molecule has 1 aliphatic rings. The van der Waals surface area contributed by atoms with Crippen LogP contribution in [0.3, 0.4) is 0 Å². The molecule has 0 saturated heterocycles. The van der Waals surface area contributed by atoms with E-state index in [0.29, 0.717) is 24.1 Å². The highest BCUT2D eigenvalue weighted by Crippen LogP contribution is 2.37. The van der Waals surface area contributed by atoms with E-state index < -0.39 is 6.04 Å². The van der Waals surface area contributed by atoms with Gasteiger partial charge in [-0.3, -0.25) is 9.59 Å². The number of hydrogen-bond acceptors (Lipinski definition) is 4. The summed E-state index contributed by atoms with van der Waals surface area (Å²) in [5, 5.41) is 5.66. The maximum atomic E-state index is 11.6. The van der Waals surface area contributed by atoms with Gasteiger partial charge in [0, 0.05) is 18.5 Å². The summed E-state index contributed by atoms with van der Waals surface area (Å²) in [6, 6.07) is 0.966. The Bertz CT molecular complexity index is 493. The summed E-state index contributed by atoms with van der Waals surface area (Å²) in [6.07, 6.45) is 2.14. The molecule has 1 aliphatic carbocycles. The molecule has 0 spiro atoms. The summed E-state index contributed by atoms with van der Waals surface area (Å²) in [5.74, 6) is 1.44. The third-order valence-corrected chi connectivity index (χ3v) is 2.83. The lowest BCUT2D eigenvalue weighted by atomic mass is 10.3. The molecular weight excluding hydrogens is 232 g/mol. The molecule has 6 nitrogen and oxygen atoms in total.